The molecule has 1 fully saturated rings. The molecule has 2 N–H and O–H groups in total. The lowest BCUT2D eigenvalue weighted by molar-refractivity contribution is -0.150. The van der Waals surface area contributed by atoms with Crippen molar-refractivity contribution in [1.29, 1.82) is 5.26 Å². The number of nitrogens with zero attached hydrogens (tertiary/aromatic N) is 3. The van der Waals surface area contributed by atoms with E-state index >= 15 is 0 Å². The average Bonchev–Trinajstić information content (AvgIpc) is 3.69. The van der Waals surface area contributed by atoms with Crippen LogP contribution in [0.2, 0.25) is 5.02 Å². The number of carbonyl (C=O) groups is 4. The maximum absolute atomic E-state index is 13.5. The van der Waals surface area contributed by atoms with Crippen LogP contribution in [0.1, 0.15) is 53.7 Å². The zero-order valence-corrected chi connectivity index (χ0v) is 30.6. The van der Waals surface area contributed by atoms with Crippen molar-refractivity contribution < 1.29 is 33.4 Å². The van der Waals surface area contributed by atoms with Crippen LogP contribution < -0.4 is 20.9 Å². The van der Waals surface area contributed by atoms with Crippen molar-refractivity contribution in [1.82, 2.24) is 14.8 Å². The van der Waals surface area contributed by atoms with Crippen molar-refractivity contribution in [3.63, 3.8) is 0 Å². The number of nitrogens with one attached hydrogen (secondary N) is 2. The first-order chi connectivity index (χ1) is 26.1. The van der Waals surface area contributed by atoms with Crippen LogP contribution in [0.25, 0.3) is 11.1 Å². The number of pyridine rings is 1. The summed E-state index contributed by atoms with van der Waals surface area (Å²) in [7, 11) is 1.42. The predicted octanol–water partition coefficient (Wildman–Crippen LogP) is 5.12. The summed E-state index contributed by atoms with van der Waals surface area (Å²) in [6.07, 6.45) is 3.67. The van der Waals surface area contributed by atoms with Crippen LogP contribution in [0.3, 0.4) is 0 Å². The molecule has 2 heterocycles. The van der Waals surface area contributed by atoms with E-state index in [2.05, 4.69) is 16.7 Å². The lowest BCUT2D eigenvalue weighted by Gasteiger charge is -2.20. The number of carbonyl (C=O) groups excluding carboxylic acids is 4. The summed E-state index contributed by atoms with van der Waals surface area (Å²) in [5, 5.41) is 15.4. The van der Waals surface area contributed by atoms with Gasteiger partial charge in [-0.3, -0.25) is 23.9 Å². The number of esters is 2. The van der Waals surface area contributed by atoms with Gasteiger partial charge in [-0.1, -0.05) is 48.9 Å². The van der Waals surface area contributed by atoms with E-state index in [0.717, 1.165) is 31.5 Å². The van der Waals surface area contributed by atoms with Gasteiger partial charge in [0.25, 0.3) is 5.56 Å². The predicted molar refractivity (Wildman–Crippen MR) is 201 cm³/mol. The monoisotopic (exact) mass is 753 g/mol. The molecule has 2 atom stereocenters. The van der Waals surface area contributed by atoms with Crippen LogP contribution >= 0.6 is 11.6 Å². The molecule has 2 unspecified atom stereocenters. The third-order valence-electron chi connectivity index (χ3n) is 8.86. The quantitative estimate of drug-likeness (QED) is 0.156. The molecule has 280 valence electrons. The van der Waals surface area contributed by atoms with Crippen LogP contribution in [-0.2, 0) is 30.5 Å². The van der Waals surface area contributed by atoms with Gasteiger partial charge in [-0.25, -0.2) is 9.59 Å². The van der Waals surface area contributed by atoms with Crippen molar-refractivity contribution in [2.24, 2.45) is 0 Å². The third kappa shape index (κ3) is 10.1. The second-order valence-corrected chi connectivity index (χ2v) is 13.0. The number of hydrogen-bond acceptors (Lipinski definition) is 10. The largest absolute Gasteiger partial charge is 0.495 e. The summed E-state index contributed by atoms with van der Waals surface area (Å²) < 4.78 is 17.7. The molecule has 5 rings (SSSR count). The highest BCUT2D eigenvalue weighted by Gasteiger charge is 2.27. The topological polar surface area (TPSA) is 169 Å². The average molecular weight is 754 g/mol. The first-order valence-electron chi connectivity index (χ1n) is 17.4. The number of hydrogen-bond donors (Lipinski definition) is 2. The van der Waals surface area contributed by atoms with Gasteiger partial charge in [-0.2, -0.15) is 5.26 Å². The van der Waals surface area contributed by atoms with Crippen LogP contribution in [0, 0.1) is 11.3 Å². The standard InChI is InChI=1S/C40H40ClN5O8/c1-3-34(46-22-35(52-2)32(20-37(46)48)31-19-29(41)14-11-28(31)21-42)38(49)43-30-15-12-27(13-16-30)39(50)54-25-33(44-36(47)23-45-17-7-8-18-45)40(51)53-24-26-9-5-4-6-10-26/h4-6,9-16,19-20,22,33-34H,3,7-8,17-18,23-25H2,1-2H3,(H,43,49)(H,44,47). The fraction of sp³-hybridized carbons (Fsp3) is 0.300. The fourth-order valence-corrected chi connectivity index (χ4v) is 6.20. The first-order valence-corrected chi connectivity index (χ1v) is 17.8. The Hall–Kier alpha value is -5.97. The van der Waals surface area contributed by atoms with Gasteiger partial charge in [-0.05, 0) is 80.4 Å². The molecule has 1 aromatic heterocycles. The van der Waals surface area contributed by atoms with E-state index in [1.165, 1.54) is 48.2 Å². The Bertz CT molecular complexity index is 2070. The molecule has 1 aliphatic heterocycles. The molecule has 1 aliphatic rings. The molecule has 0 spiro atoms. The lowest BCUT2D eigenvalue weighted by atomic mass is 10.00. The highest BCUT2D eigenvalue weighted by atomic mass is 35.5. The number of ether oxygens (including phenoxy) is 3. The van der Waals surface area contributed by atoms with Gasteiger partial charge in [0.1, 0.15) is 25.0 Å². The second kappa shape index (κ2) is 18.7. The van der Waals surface area contributed by atoms with E-state index in [1.807, 2.05) is 23.1 Å². The van der Waals surface area contributed by atoms with Gasteiger partial charge in [0.05, 0.1) is 37.0 Å². The molecule has 2 amide bonds. The number of halogens is 1. The van der Waals surface area contributed by atoms with Gasteiger partial charge in [-0.15, -0.1) is 0 Å². The summed E-state index contributed by atoms with van der Waals surface area (Å²) >= 11 is 6.17. The van der Waals surface area contributed by atoms with Gasteiger partial charge in [0.2, 0.25) is 11.8 Å². The molecular weight excluding hydrogens is 714 g/mol. The molecule has 13 nitrogen and oxygen atoms in total. The number of anilines is 1. The van der Waals surface area contributed by atoms with Gasteiger partial charge >= 0.3 is 11.9 Å². The summed E-state index contributed by atoms with van der Waals surface area (Å²) in [6, 6.07) is 20.9. The summed E-state index contributed by atoms with van der Waals surface area (Å²) in [4.78, 5) is 67.6. The Balaban J connectivity index is 1.23. The molecule has 0 aliphatic carbocycles. The van der Waals surface area contributed by atoms with E-state index in [4.69, 9.17) is 25.8 Å². The number of methoxy groups -OCH3 is 1. The maximum Gasteiger partial charge on any atom is 0.338 e. The van der Waals surface area contributed by atoms with E-state index in [-0.39, 0.29) is 36.8 Å². The Labute approximate surface area is 317 Å². The van der Waals surface area contributed by atoms with E-state index < -0.39 is 42.1 Å². The Kier molecular flexibility index (Phi) is 13.6. The number of rotatable bonds is 15. The summed E-state index contributed by atoms with van der Waals surface area (Å²) in [5.74, 6) is -2.11. The zero-order valence-electron chi connectivity index (χ0n) is 29.9. The highest BCUT2D eigenvalue weighted by molar-refractivity contribution is 6.31. The first kappa shape index (κ1) is 39.2. The lowest BCUT2D eigenvalue weighted by Crippen LogP contribution is -2.48. The van der Waals surface area contributed by atoms with Crippen molar-refractivity contribution in [3.05, 3.63) is 117 Å². The molecule has 54 heavy (non-hydrogen) atoms. The Morgan fingerprint density at radius 3 is 2.33 bits per heavy atom. The molecule has 3 aromatic carbocycles. The van der Waals surface area contributed by atoms with Crippen molar-refractivity contribution in [2.75, 3.05) is 38.7 Å². The molecule has 0 radical (unpaired) electrons. The second-order valence-electron chi connectivity index (χ2n) is 12.6. The van der Waals surface area contributed by atoms with Crippen molar-refractivity contribution in [2.45, 2.75) is 44.9 Å². The normalized spacial score (nSPS) is 13.6. The Morgan fingerprint density at radius 2 is 1.67 bits per heavy atom. The van der Waals surface area contributed by atoms with E-state index in [9.17, 15) is 29.2 Å². The smallest absolute Gasteiger partial charge is 0.338 e. The zero-order chi connectivity index (χ0) is 38.6. The molecular formula is C40H40ClN5O8. The minimum Gasteiger partial charge on any atom is -0.495 e. The third-order valence-corrected chi connectivity index (χ3v) is 9.10. The van der Waals surface area contributed by atoms with Crippen LogP contribution in [0.4, 0.5) is 5.69 Å². The van der Waals surface area contributed by atoms with E-state index in [1.54, 1.807) is 37.3 Å². The van der Waals surface area contributed by atoms with Gasteiger partial charge in [0.15, 0.2) is 6.04 Å². The molecule has 14 heteroatoms. The minimum absolute atomic E-state index is 0.0160. The molecule has 0 saturated carbocycles. The van der Waals surface area contributed by atoms with E-state index in [0.29, 0.717) is 27.4 Å². The Morgan fingerprint density at radius 1 is 0.944 bits per heavy atom. The van der Waals surface area contributed by atoms with Gasteiger partial charge < -0.3 is 24.8 Å². The SMILES string of the molecule is CCC(C(=O)Nc1ccc(C(=O)OCC(NC(=O)CN2CCCC2)C(=O)OCc2ccccc2)cc1)n1cc(OC)c(-c2cc(Cl)ccc2C#N)cc1=O. The van der Waals surface area contributed by atoms with Crippen molar-refractivity contribution >= 4 is 41.0 Å². The summed E-state index contributed by atoms with van der Waals surface area (Å²) in [5.41, 5.74) is 1.82. The summed E-state index contributed by atoms with van der Waals surface area (Å²) in [6.45, 7) is 2.97. The highest BCUT2D eigenvalue weighted by Crippen LogP contribution is 2.33. The van der Waals surface area contributed by atoms with Crippen LogP contribution in [0.15, 0.2) is 89.9 Å². The van der Waals surface area contributed by atoms with Crippen LogP contribution in [-0.4, -0.2) is 72.6 Å². The number of benzene rings is 3. The van der Waals surface area contributed by atoms with Crippen molar-refractivity contribution in [3.8, 4) is 22.9 Å². The fourth-order valence-electron chi connectivity index (χ4n) is 6.03. The van der Waals surface area contributed by atoms with Crippen LogP contribution in [0.5, 0.6) is 5.75 Å². The number of likely N-dealkylation sites (tertiary alicyclic amines) is 1. The number of amides is 2. The van der Waals surface area contributed by atoms with Gasteiger partial charge in [0, 0.05) is 27.9 Å². The minimum atomic E-state index is -1.23. The molecule has 1 saturated heterocycles. The molecule has 0 bridgehead atoms. The number of aromatic nitrogens is 1. The number of nitriles is 1. The molecule has 4 aromatic rings. The maximum atomic E-state index is 13.5.